The summed E-state index contributed by atoms with van der Waals surface area (Å²) in [6.07, 6.45) is 3.15. The van der Waals surface area contributed by atoms with Gasteiger partial charge < -0.3 is 5.32 Å². The summed E-state index contributed by atoms with van der Waals surface area (Å²) in [6, 6.07) is 12.9. The number of carbonyl (C=O) groups is 2. The van der Waals surface area contributed by atoms with Crippen molar-refractivity contribution < 1.29 is 18.0 Å². The third kappa shape index (κ3) is 5.27. The minimum Gasteiger partial charge on any atom is -0.326 e. The maximum Gasteiger partial charge on any atom is 0.271 e. The molecule has 0 saturated carbocycles. The van der Waals surface area contributed by atoms with Crippen LogP contribution in [0.3, 0.4) is 0 Å². The molecule has 0 bridgehead atoms. The second-order valence-corrected chi connectivity index (χ2v) is 8.58. The second kappa shape index (κ2) is 8.97. The van der Waals surface area contributed by atoms with E-state index in [1.807, 2.05) is 0 Å². The van der Waals surface area contributed by atoms with E-state index in [1.165, 1.54) is 35.6 Å². The molecule has 2 aromatic rings. The Bertz CT molecular complexity index is 1030. The predicted molar refractivity (Wildman–Crippen MR) is 110 cm³/mol. The minimum absolute atomic E-state index is 0.101. The molecule has 1 aliphatic rings. The van der Waals surface area contributed by atoms with Crippen LogP contribution in [0.2, 0.25) is 0 Å². The van der Waals surface area contributed by atoms with Gasteiger partial charge in [-0.25, -0.2) is 13.8 Å². The fourth-order valence-corrected chi connectivity index (χ4v) is 4.52. The zero-order valence-electron chi connectivity index (χ0n) is 16.0. The molecular formula is C20H22N4O4S. The Hall–Kier alpha value is -3.04. The highest BCUT2D eigenvalue weighted by molar-refractivity contribution is 7.89. The molecule has 2 aromatic carbocycles. The van der Waals surface area contributed by atoms with Crippen molar-refractivity contribution in [2.24, 2.45) is 5.10 Å². The Morgan fingerprint density at radius 2 is 1.76 bits per heavy atom. The van der Waals surface area contributed by atoms with Crippen molar-refractivity contribution in [2.45, 2.75) is 24.7 Å². The molecule has 2 amide bonds. The van der Waals surface area contributed by atoms with Crippen molar-refractivity contribution in [1.29, 1.82) is 0 Å². The Morgan fingerprint density at radius 1 is 1.07 bits per heavy atom. The van der Waals surface area contributed by atoms with Crippen LogP contribution in [-0.4, -0.2) is 43.8 Å². The van der Waals surface area contributed by atoms with E-state index >= 15 is 0 Å². The lowest BCUT2D eigenvalue weighted by Crippen LogP contribution is -2.28. The third-order valence-corrected chi connectivity index (χ3v) is 6.30. The molecule has 0 atom stereocenters. The lowest BCUT2D eigenvalue weighted by molar-refractivity contribution is -0.114. The molecule has 1 heterocycles. The van der Waals surface area contributed by atoms with Crippen LogP contribution in [0.1, 0.15) is 35.7 Å². The van der Waals surface area contributed by atoms with E-state index in [2.05, 4.69) is 15.8 Å². The van der Waals surface area contributed by atoms with Crippen LogP contribution < -0.4 is 10.7 Å². The normalized spacial score (nSPS) is 14.8. The number of hydrogen-bond acceptors (Lipinski definition) is 5. The number of hydrazone groups is 1. The average molecular weight is 414 g/mol. The van der Waals surface area contributed by atoms with Crippen LogP contribution in [0.4, 0.5) is 5.69 Å². The molecule has 29 heavy (non-hydrogen) atoms. The van der Waals surface area contributed by atoms with Gasteiger partial charge in [-0.3, -0.25) is 9.59 Å². The SMILES string of the molecule is CC(=O)Nc1ccc(/C=N\NC(=O)c2cccc(S(=O)(=O)N3CCCC3)c2)cc1. The maximum atomic E-state index is 12.6. The lowest BCUT2D eigenvalue weighted by atomic mass is 10.2. The van der Waals surface area contributed by atoms with Gasteiger partial charge in [0, 0.05) is 31.3 Å². The largest absolute Gasteiger partial charge is 0.326 e. The molecule has 9 heteroatoms. The Balaban J connectivity index is 1.65. The molecule has 152 valence electrons. The molecule has 0 spiro atoms. The third-order valence-electron chi connectivity index (χ3n) is 4.41. The Morgan fingerprint density at radius 3 is 2.41 bits per heavy atom. The molecule has 0 unspecified atom stereocenters. The van der Waals surface area contributed by atoms with Crippen molar-refractivity contribution in [1.82, 2.24) is 9.73 Å². The summed E-state index contributed by atoms with van der Waals surface area (Å²) in [5.74, 6) is -0.665. The van der Waals surface area contributed by atoms with E-state index in [-0.39, 0.29) is 16.4 Å². The number of sulfonamides is 1. The van der Waals surface area contributed by atoms with Crippen molar-refractivity contribution in [2.75, 3.05) is 18.4 Å². The van der Waals surface area contributed by atoms with E-state index in [9.17, 15) is 18.0 Å². The van der Waals surface area contributed by atoms with E-state index in [0.29, 0.717) is 18.8 Å². The van der Waals surface area contributed by atoms with Gasteiger partial charge in [0.05, 0.1) is 11.1 Å². The minimum atomic E-state index is -3.59. The highest BCUT2D eigenvalue weighted by Crippen LogP contribution is 2.21. The zero-order chi connectivity index (χ0) is 20.9. The van der Waals surface area contributed by atoms with Crippen LogP contribution in [0.25, 0.3) is 0 Å². The predicted octanol–water partition coefficient (Wildman–Crippen LogP) is 2.19. The summed E-state index contributed by atoms with van der Waals surface area (Å²) in [5.41, 5.74) is 3.99. The number of anilines is 1. The number of benzene rings is 2. The average Bonchev–Trinajstić information content (AvgIpc) is 3.25. The van der Waals surface area contributed by atoms with E-state index in [4.69, 9.17) is 0 Å². The fraction of sp³-hybridized carbons (Fsp3) is 0.250. The number of nitrogens with zero attached hydrogens (tertiary/aromatic N) is 2. The summed E-state index contributed by atoms with van der Waals surface area (Å²) in [6.45, 7) is 2.43. The topological polar surface area (TPSA) is 108 Å². The van der Waals surface area contributed by atoms with Crippen LogP contribution in [0.15, 0.2) is 58.5 Å². The van der Waals surface area contributed by atoms with Crippen LogP contribution in [0, 0.1) is 0 Å². The van der Waals surface area contributed by atoms with Crippen LogP contribution >= 0.6 is 0 Å². The smallest absolute Gasteiger partial charge is 0.271 e. The van der Waals surface area contributed by atoms with E-state index in [0.717, 1.165) is 18.4 Å². The monoisotopic (exact) mass is 414 g/mol. The molecule has 2 N–H and O–H groups in total. The van der Waals surface area contributed by atoms with E-state index in [1.54, 1.807) is 30.3 Å². The van der Waals surface area contributed by atoms with Gasteiger partial charge in [-0.05, 0) is 48.7 Å². The maximum absolute atomic E-state index is 12.6. The number of carbonyl (C=O) groups excluding carboxylic acids is 2. The van der Waals surface area contributed by atoms with Gasteiger partial charge in [0.25, 0.3) is 5.91 Å². The summed E-state index contributed by atoms with van der Waals surface area (Å²) in [4.78, 5) is 23.4. The van der Waals surface area contributed by atoms with Crippen LogP contribution in [0.5, 0.6) is 0 Å². The molecule has 1 aliphatic heterocycles. The first-order valence-corrected chi connectivity index (χ1v) is 10.6. The number of amides is 2. The van der Waals surface area contributed by atoms with Crippen molar-refractivity contribution in [3.63, 3.8) is 0 Å². The zero-order valence-corrected chi connectivity index (χ0v) is 16.8. The first-order valence-electron chi connectivity index (χ1n) is 9.17. The van der Waals surface area contributed by atoms with E-state index < -0.39 is 15.9 Å². The van der Waals surface area contributed by atoms with Gasteiger partial charge in [-0.2, -0.15) is 9.41 Å². The van der Waals surface area contributed by atoms with Crippen molar-refractivity contribution >= 4 is 33.7 Å². The van der Waals surface area contributed by atoms with Gasteiger partial charge in [0.15, 0.2) is 0 Å². The molecular weight excluding hydrogens is 392 g/mol. The number of nitrogens with one attached hydrogen (secondary N) is 2. The summed E-state index contributed by atoms with van der Waals surface area (Å²) in [5, 5.41) is 6.57. The highest BCUT2D eigenvalue weighted by Gasteiger charge is 2.27. The summed E-state index contributed by atoms with van der Waals surface area (Å²) >= 11 is 0. The van der Waals surface area contributed by atoms with Crippen LogP contribution in [-0.2, 0) is 14.8 Å². The molecule has 0 aliphatic carbocycles. The standard InChI is InChI=1S/C20H22N4O4S/c1-15(25)22-18-9-7-16(8-10-18)14-21-23-20(26)17-5-4-6-19(13-17)29(27,28)24-11-2-3-12-24/h4-10,13-14H,2-3,11-12H2,1H3,(H,22,25)(H,23,26)/b21-14-. The van der Waals surface area contributed by atoms with Gasteiger partial charge in [0.2, 0.25) is 15.9 Å². The van der Waals surface area contributed by atoms with Gasteiger partial charge in [0.1, 0.15) is 0 Å². The molecule has 0 radical (unpaired) electrons. The Labute approximate surface area is 169 Å². The van der Waals surface area contributed by atoms with Crippen molar-refractivity contribution in [3.8, 4) is 0 Å². The Kier molecular flexibility index (Phi) is 6.40. The summed E-state index contributed by atoms with van der Waals surface area (Å²) in [7, 11) is -3.59. The van der Waals surface area contributed by atoms with Crippen molar-refractivity contribution in [3.05, 3.63) is 59.7 Å². The number of hydrogen-bond donors (Lipinski definition) is 2. The quantitative estimate of drug-likeness (QED) is 0.558. The van der Waals surface area contributed by atoms with Gasteiger partial charge >= 0.3 is 0 Å². The number of rotatable bonds is 6. The molecule has 8 nitrogen and oxygen atoms in total. The van der Waals surface area contributed by atoms with Gasteiger partial charge in [-0.1, -0.05) is 18.2 Å². The first kappa shape index (κ1) is 20.7. The first-order chi connectivity index (χ1) is 13.9. The second-order valence-electron chi connectivity index (χ2n) is 6.64. The summed E-state index contributed by atoms with van der Waals surface area (Å²) < 4.78 is 26.7. The molecule has 1 saturated heterocycles. The highest BCUT2D eigenvalue weighted by atomic mass is 32.2. The fourth-order valence-electron chi connectivity index (χ4n) is 2.96. The molecule has 1 fully saturated rings. The lowest BCUT2D eigenvalue weighted by Gasteiger charge is -2.15. The molecule has 0 aromatic heterocycles. The molecule has 3 rings (SSSR count). The van der Waals surface area contributed by atoms with Gasteiger partial charge in [-0.15, -0.1) is 0 Å².